The van der Waals surface area contributed by atoms with Gasteiger partial charge in [-0.3, -0.25) is 4.79 Å². The van der Waals surface area contributed by atoms with E-state index in [0.717, 1.165) is 30.8 Å². The molecule has 3 nitrogen and oxygen atoms in total. The molecular formula is C23H22N2O. The van der Waals surface area contributed by atoms with Crippen LogP contribution in [0.4, 0.5) is 11.4 Å². The second-order valence-corrected chi connectivity index (χ2v) is 6.82. The minimum atomic E-state index is -0.0753. The Morgan fingerprint density at radius 3 is 2.62 bits per heavy atom. The Kier molecular flexibility index (Phi) is 4.44. The average molecular weight is 342 g/mol. The van der Waals surface area contributed by atoms with Gasteiger partial charge in [-0.25, -0.2) is 0 Å². The number of benzene rings is 3. The number of anilines is 2. The summed E-state index contributed by atoms with van der Waals surface area (Å²) in [6, 6.07) is 24.3. The van der Waals surface area contributed by atoms with Gasteiger partial charge in [0.15, 0.2) is 0 Å². The van der Waals surface area contributed by atoms with Crippen LogP contribution in [0.5, 0.6) is 0 Å². The van der Waals surface area contributed by atoms with Crippen LogP contribution < -0.4 is 10.2 Å². The highest BCUT2D eigenvalue weighted by molar-refractivity contribution is 6.04. The molecule has 1 aliphatic heterocycles. The van der Waals surface area contributed by atoms with Gasteiger partial charge in [-0.15, -0.1) is 0 Å². The number of aryl methyl sites for hydroxylation is 1. The molecule has 130 valence electrons. The lowest BCUT2D eigenvalue weighted by Gasteiger charge is -2.19. The van der Waals surface area contributed by atoms with Gasteiger partial charge < -0.3 is 10.2 Å². The molecule has 1 amide bonds. The zero-order valence-corrected chi connectivity index (χ0v) is 14.9. The summed E-state index contributed by atoms with van der Waals surface area (Å²) in [5.74, 6) is -0.0753. The van der Waals surface area contributed by atoms with Crippen molar-refractivity contribution in [1.29, 1.82) is 0 Å². The van der Waals surface area contributed by atoms with Crippen molar-refractivity contribution in [2.45, 2.75) is 19.9 Å². The molecule has 0 radical (unpaired) electrons. The lowest BCUT2D eigenvalue weighted by Crippen LogP contribution is -2.19. The number of amides is 1. The van der Waals surface area contributed by atoms with Crippen LogP contribution in [0, 0.1) is 6.92 Å². The molecule has 4 rings (SSSR count). The normalized spacial score (nSPS) is 12.7. The number of rotatable bonds is 4. The molecule has 0 fully saturated rings. The van der Waals surface area contributed by atoms with Crippen molar-refractivity contribution in [3.05, 3.63) is 95.1 Å². The summed E-state index contributed by atoms with van der Waals surface area (Å²) in [6.45, 7) is 3.94. The molecule has 0 unspecified atom stereocenters. The maximum absolute atomic E-state index is 12.4. The van der Waals surface area contributed by atoms with Crippen molar-refractivity contribution in [2.75, 3.05) is 16.8 Å². The molecule has 1 N–H and O–H groups in total. The third kappa shape index (κ3) is 3.47. The van der Waals surface area contributed by atoms with Gasteiger partial charge >= 0.3 is 0 Å². The summed E-state index contributed by atoms with van der Waals surface area (Å²) in [5.41, 5.74) is 6.60. The fourth-order valence-corrected chi connectivity index (χ4v) is 3.48. The Balaban J connectivity index is 1.43. The van der Waals surface area contributed by atoms with E-state index in [-0.39, 0.29) is 5.91 Å². The van der Waals surface area contributed by atoms with E-state index in [9.17, 15) is 4.79 Å². The fraction of sp³-hybridized carbons (Fsp3) is 0.174. The third-order valence-electron chi connectivity index (χ3n) is 4.85. The van der Waals surface area contributed by atoms with Gasteiger partial charge in [-0.2, -0.15) is 0 Å². The lowest BCUT2D eigenvalue weighted by molar-refractivity contribution is 0.102. The molecule has 0 saturated carbocycles. The van der Waals surface area contributed by atoms with Gasteiger partial charge in [-0.1, -0.05) is 42.5 Å². The van der Waals surface area contributed by atoms with Crippen molar-refractivity contribution in [1.82, 2.24) is 0 Å². The lowest BCUT2D eigenvalue weighted by atomic mass is 10.1. The Morgan fingerprint density at radius 2 is 1.81 bits per heavy atom. The Hall–Kier alpha value is -3.07. The second-order valence-electron chi connectivity index (χ2n) is 6.82. The third-order valence-corrected chi connectivity index (χ3v) is 4.85. The van der Waals surface area contributed by atoms with E-state index in [0.29, 0.717) is 5.56 Å². The minimum absolute atomic E-state index is 0.0753. The predicted octanol–water partition coefficient (Wildman–Crippen LogP) is 4.81. The molecule has 3 heteroatoms. The molecule has 0 saturated heterocycles. The summed E-state index contributed by atoms with van der Waals surface area (Å²) < 4.78 is 0. The van der Waals surface area contributed by atoms with E-state index in [4.69, 9.17) is 0 Å². The Morgan fingerprint density at radius 1 is 1.00 bits per heavy atom. The average Bonchev–Trinajstić information content (AvgIpc) is 3.05. The minimum Gasteiger partial charge on any atom is -0.367 e. The zero-order valence-electron chi connectivity index (χ0n) is 14.9. The monoisotopic (exact) mass is 342 g/mol. The number of fused-ring (bicyclic) bond motifs is 1. The number of nitrogens with one attached hydrogen (secondary N) is 1. The zero-order chi connectivity index (χ0) is 17.9. The van der Waals surface area contributed by atoms with Gasteiger partial charge in [0.05, 0.1) is 0 Å². The van der Waals surface area contributed by atoms with Crippen molar-refractivity contribution in [3.8, 4) is 0 Å². The predicted molar refractivity (Wildman–Crippen MR) is 107 cm³/mol. The van der Waals surface area contributed by atoms with Gasteiger partial charge in [0.25, 0.3) is 5.91 Å². The SMILES string of the molecule is Cc1cccc(NC(=O)c2ccc(CN3CCc4ccccc43)cc2)c1. The van der Waals surface area contributed by atoms with E-state index < -0.39 is 0 Å². The summed E-state index contributed by atoms with van der Waals surface area (Å²) in [6.07, 6.45) is 1.10. The Labute approximate surface area is 154 Å². The van der Waals surface area contributed by atoms with Crippen LogP contribution in [0.15, 0.2) is 72.8 Å². The first-order valence-corrected chi connectivity index (χ1v) is 8.99. The van der Waals surface area contributed by atoms with E-state index in [1.54, 1.807) is 0 Å². The number of hydrogen-bond donors (Lipinski definition) is 1. The van der Waals surface area contributed by atoms with Crippen LogP contribution in [-0.2, 0) is 13.0 Å². The molecule has 0 bridgehead atoms. The first-order chi connectivity index (χ1) is 12.7. The summed E-state index contributed by atoms with van der Waals surface area (Å²) in [7, 11) is 0. The Bertz CT molecular complexity index is 931. The van der Waals surface area contributed by atoms with Crippen molar-refractivity contribution < 1.29 is 4.79 Å². The quantitative estimate of drug-likeness (QED) is 0.738. The molecule has 1 aliphatic rings. The standard InChI is InChI=1S/C23H22N2O/c1-17-5-4-7-21(15-17)24-23(26)20-11-9-18(10-12-20)16-25-14-13-19-6-2-3-8-22(19)25/h2-12,15H,13-14,16H2,1H3,(H,24,26). The van der Waals surface area contributed by atoms with Crippen LogP contribution in [0.3, 0.4) is 0 Å². The van der Waals surface area contributed by atoms with Crippen molar-refractivity contribution in [2.24, 2.45) is 0 Å². The van der Waals surface area contributed by atoms with Crippen LogP contribution in [0.2, 0.25) is 0 Å². The molecular weight excluding hydrogens is 320 g/mol. The maximum atomic E-state index is 12.4. The van der Waals surface area contributed by atoms with Gasteiger partial charge in [0.1, 0.15) is 0 Å². The van der Waals surface area contributed by atoms with Crippen LogP contribution in [0.25, 0.3) is 0 Å². The highest BCUT2D eigenvalue weighted by Gasteiger charge is 2.18. The van der Waals surface area contributed by atoms with E-state index in [1.807, 2.05) is 55.5 Å². The summed E-state index contributed by atoms with van der Waals surface area (Å²) in [5, 5.41) is 2.96. The highest BCUT2D eigenvalue weighted by Crippen LogP contribution is 2.28. The highest BCUT2D eigenvalue weighted by atomic mass is 16.1. The fourth-order valence-electron chi connectivity index (χ4n) is 3.48. The van der Waals surface area contributed by atoms with Crippen LogP contribution in [-0.4, -0.2) is 12.5 Å². The van der Waals surface area contributed by atoms with Gasteiger partial charge in [-0.05, 0) is 60.4 Å². The molecule has 0 atom stereocenters. The number of carbonyl (C=O) groups excluding carboxylic acids is 1. The van der Waals surface area contributed by atoms with Crippen LogP contribution in [0.1, 0.15) is 27.0 Å². The molecule has 0 spiro atoms. The first-order valence-electron chi connectivity index (χ1n) is 8.99. The number of para-hydroxylation sites is 1. The first kappa shape index (κ1) is 16.4. The van der Waals surface area contributed by atoms with Gasteiger partial charge in [0, 0.05) is 30.0 Å². The topological polar surface area (TPSA) is 32.3 Å². The molecule has 3 aromatic carbocycles. The summed E-state index contributed by atoms with van der Waals surface area (Å²) >= 11 is 0. The number of hydrogen-bond acceptors (Lipinski definition) is 2. The summed E-state index contributed by atoms with van der Waals surface area (Å²) in [4.78, 5) is 14.8. The molecule has 0 aliphatic carbocycles. The van der Waals surface area contributed by atoms with Gasteiger partial charge in [0.2, 0.25) is 0 Å². The molecule has 3 aromatic rings. The van der Waals surface area contributed by atoms with Crippen LogP contribution >= 0.6 is 0 Å². The molecule has 0 aromatic heterocycles. The smallest absolute Gasteiger partial charge is 0.255 e. The van der Waals surface area contributed by atoms with E-state index in [1.165, 1.54) is 16.8 Å². The van der Waals surface area contributed by atoms with Crippen molar-refractivity contribution >= 4 is 17.3 Å². The second kappa shape index (κ2) is 7.04. The molecule has 1 heterocycles. The van der Waals surface area contributed by atoms with Crippen molar-refractivity contribution in [3.63, 3.8) is 0 Å². The molecule has 26 heavy (non-hydrogen) atoms. The maximum Gasteiger partial charge on any atom is 0.255 e. The number of nitrogens with zero attached hydrogens (tertiary/aromatic N) is 1. The van der Waals surface area contributed by atoms with E-state index >= 15 is 0 Å². The number of carbonyl (C=O) groups is 1. The largest absolute Gasteiger partial charge is 0.367 e. The van der Waals surface area contributed by atoms with E-state index in [2.05, 4.69) is 34.5 Å².